The summed E-state index contributed by atoms with van der Waals surface area (Å²) in [5, 5.41) is 14.2. The van der Waals surface area contributed by atoms with Crippen molar-refractivity contribution in [3.05, 3.63) is 23.8 Å². The highest BCUT2D eigenvalue weighted by Crippen LogP contribution is 2.36. The summed E-state index contributed by atoms with van der Waals surface area (Å²) < 4.78 is 16.4. The maximum absolute atomic E-state index is 10.8. The highest BCUT2D eigenvalue weighted by molar-refractivity contribution is 5.42. The number of aliphatic hydroxyl groups is 1. The van der Waals surface area contributed by atoms with E-state index in [2.05, 4.69) is 19.2 Å². The lowest BCUT2D eigenvalue weighted by atomic mass is 9.80. The maximum Gasteiger partial charge on any atom is 0.161 e. The van der Waals surface area contributed by atoms with Crippen molar-refractivity contribution in [2.45, 2.75) is 57.3 Å². The van der Waals surface area contributed by atoms with Crippen LogP contribution in [0.4, 0.5) is 0 Å². The lowest BCUT2D eigenvalue weighted by molar-refractivity contribution is -0.155. The topological polar surface area (TPSA) is 60.0 Å². The third-order valence-electron chi connectivity index (χ3n) is 5.01. The van der Waals surface area contributed by atoms with E-state index in [0.717, 1.165) is 43.0 Å². The Kier molecular flexibility index (Phi) is 6.49. The largest absolute Gasteiger partial charge is 0.493 e. The number of rotatable bonds is 8. The SMILES string of the molecule is CCC1(C)CC(O)(CCNCc2ccc(OC)c(OC)c2)CCO1. The van der Waals surface area contributed by atoms with E-state index in [-0.39, 0.29) is 5.60 Å². The van der Waals surface area contributed by atoms with Crippen LogP contribution in [0.2, 0.25) is 0 Å². The molecule has 24 heavy (non-hydrogen) atoms. The van der Waals surface area contributed by atoms with Gasteiger partial charge in [-0.25, -0.2) is 0 Å². The highest BCUT2D eigenvalue weighted by atomic mass is 16.5. The van der Waals surface area contributed by atoms with Gasteiger partial charge in [-0.2, -0.15) is 0 Å². The van der Waals surface area contributed by atoms with Crippen LogP contribution in [0, 0.1) is 0 Å². The third kappa shape index (κ3) is 4.85. The molecule has 1 aliphatic heterocycles. The van der Waals surface area contributed by atoms with E-state index in [1.54, 1.807) is 14.2 Å². The summed E-state index contributed by atoms with van der Waals surface area (Å²) >= 11 is 0. The minimum Gasteiger partial charge on any atom is -0.493 e. The van der Waals surface area contributed by atoms with E-state index in [1.165, 1.54) is 0 Å². The third-order valence-corrected chi connectivity index (χ3v) is 5.01. The molecule has 0 aromatic heterocycles. The molecule has 5 nitrogen and oxygen atoms in total. The number of hydrogen-bond donors (Lipinski definition) is 2. The van der Waals surface area contributed by atoms with E-state index in [4.69, 9.17) is 14.2 Å². The predicted octanol–water partition coefficient (Wildman–Crippen LogP) is 2.89. The van der Waals surface area contributed by atoms with E-state index in [1.807, 2.05) is 18.2 Å². The van der Waals surface area contributed by atoms with Crippen LogP contribution in [0.1, 0.15) is 45.1 Å². The van der Waals surface area contributed by atoms with Gasteiger partial charge >= 0.3 is 0 Å². The number of benzene rings is 1. The molecule has 0 amide bonds. The average molecular weight is 337 g/mol. The van der Waals surface area contributed by atoms with Crippen molar-refractivity contribution in [1.82, 2.24) is 5.32 Å². The lowest BCUT2D eigenvalue weighted by Crippen LogP contribution is -2.48. The van der Waals surface area contributed by atoms with Crippen LogP contribution in [0.15, 0.2) is 18.2 Å². The van der Waals surface area contributed by atoms with E-state index in [9.17, 15) is 5.11 Å². The fraction of sp³-hybridized carbons (Fsp3) is 0.684. The molecule has 1 aromatic carbocycles. The molecule has 0 spiro atoms. The van der Waals surface area contributed by atoms with Crippen LogP contribution in [0.3, 0.4) is 0 Å². The van der Waals surface area contributed by atoms with E-state index < -0.39 is 5.60 Å². The number of ether oxygens (including phenoxy) is 3. The molecule has 2 atom stereocenters. The van der Waals surface area contributed by atoms with Gasteiger partial charge in [-0.1, -0.05) is 13.0 Å². The fourth-order valence-electron chi connectivity index (χ4n) is 3.31. The van der Waals surface area contributed by atoms with Crippen LogP contribution in [0.25, 0.3) is 0 Å². The monoisotopic (exact) mass is 337 g/mol. The van der Waals surface area contributed by atoms with Crippen LogP contribution in [0.5, 0.6) is 11.5 Å². The van der Waals surface area contributed by atoms with Crippen molar-refractivity contribution in [2.75, 3.05) is 27.4 Å². The lowest BCUT2D eigenvalue weighted by Gasteiger charge is -2.43. The van der Waals surface area contributed by atoms with Crippen LogP contribution in [-0.2, 0) is 11.3 Å². The zero-order chi connectivity index (χ0) is 17.6. The van der Waals surface area contributed by atoms with E-state index >= 15 is 0 Å². The van der Waals surface area contributed by atoms with Gasteiger partial charge in [0, 0.05) is 13.0 Å². The molecule has 1 aliphatic rings. The van der Waals surface area contributed by atoms with Crippen molar-refractivity contribution in [2.24, 2.45) is 0 Å². The Morgan fingerprint density at radius 3 is 2.67 bits per heavy atom. The van der Waals surface area contributed by atoms with Gasteiger partial charge in [0.15, 0.2) is 11.5 Å². The number of hydrogen-bond acceptors (Lipinski definition) is 5. The second kappa shape index (κ2) is 8.19. The van der Waals surface area contributed by atoms with Crippen LogP contribution in [-0.4, -0.2) is 43.7 Å². The normalized spacial score (nSPS) is 27.0. The second-order valence-corrected chi connectivity index (χ2v) is 6.92. The number of methoxy groups -OCH3 is 2. The van der Waals surface area contributed by atoms with Gasteiger partial charge in [0.1, 0.15) is 0 Å². The highest BCUT2D eigenvalue weighted by Gasteiger charge is 2.40. The molecule has 0 saturated carbocycles. The number of nitrogens with one attached hydrogen (secondary N) is 1. The van der Waals surface area contributed by atoms with Crippen molar-refractivity contribution >= 4 is 0 Å². The van der Waals surface area contributed by atoms with Crippen LogP contribution >= 0.6 is 0 Å². The summed E-state index contributed by atoms with van der Waals surface area (Å²) in [7, 11) is 3.27. The van der Waals surface area contributed by atoms with Gasteiger partial charge in [-0.15, -0.1) is 0 Å². The first-order valence-corrected chi connectivity index (χ1v) is 8.71. The van der Waals surface area contributed by atoms with Gasteiger partial charge < -0.3 is 24.6 Å². The Morgan fingerprint density at radius 2 is 2.00 bits per heavy atom. The standard InChI is InChI=1S/C19H31NO4/c1-5-18(2)14-19(21,9-11-24-18)8-10-20-13-15-6-7-16(22-3)17(12-15)23-4/h6-7,12,20-21H,5,8-11,13-14H2,1-4H3. The Balaban J connectivity index is 1.82. The fourth-order valence-corrected chi connectivity index (χ4v) is 3.31. The molecule has 1 saturated heterocycles. The molecule has 0 bridgehead atoms. The molecule has 136 valence electrons. The molecule has 2 N–H and O–H groups in total. The smallest absolute Gasteiger partial charge is 0.161 e. The minimum absolute atomic E-state index is 0.198. The zero-order valence-corrected chi connectivity index (χ0v) is 15.4. The summed E-state index contributed by atoms with van der Waals surface area (Å²) in [4.78, 5) is 0. The van der Waals surface area contributed by atoms with Gasteiger partial charge in [0.2, 0.25) is 0 Å². The van der Waals surface area contributed by atoms with Gasteiger partial charge in [0.25, 0.3) is 0 Å². The van der Waals surface area contributed by atoms with Gasteiger partial charge in [0.05, 0.1) is 32.0 Å². The summed E-state index contributed by atoms with van der Waals surface area (Å²) in [5.41, 5.74) is 0.300. The Hall–Kier alpha value is -1.30. The first-order chi connectivity index (χ1) is 11.4. The molecule has 2 unspecified atom stereocenters. The molecule has 0 radical (unpaired) electrons. The maximum atomic E-state index is 10.8. The molecular formula is C19H31NO4. The van der Waals surface area contributed by atoms with Crippen molar-refractivity contribution in [3.8, 4) is 11.5 Å². The molecule has 1 aromatic rings. The molecule has 5 heteroatoms. The zero-order valence-electron chi connectivity index (χ0n) is 15.4. The predicted molar refractivity (Wildman–Crippen MR) is 94.7 cm³/mol. The summed E-state index contributed by atoms with van der Waals surface area (Å²) in [5.74, 6) is 1.47. The molecular weight excluding hydrogens is 306 g/mol. The first kappa shape index (κ1) is 19.0. The summed E-state index contributed by atoms with van der Waals surface area (Å²) in [6, 6.07) is 5.91. The second-order valence-electron chi connectivity index (χ2n) is 6.92. The Labute approximate surface area is 145 Å². The van der Waals surface area contributed by atoms with Gasteiger partial charge in [-0.3, -0.25) is 0 Å². The van der Waals surface area contributed by atoms with Crippen molar-refractivity contribution in [1.29, 1.82) is 0 Å². The summed E-state index contributed by atoms with van der Waals surface area (Å²) in [6.45, 7) is 6.34. The van der Waals surface area contributed by atoms with Crippen molar-refractivity contribution < 1.29 is 19.3 Å². The Morgan fingerprint density at radius 1 is 1.25 bits per heavy atom. The average Bonchev–Trinajstić information content (AvgIpc) is 2.58. The van der Waals surface area contributed by atoms with E-state index in [0.29, 0.717) is 19.4 Å². The van der Waals surface area contributed by atoms with Gasteiger partial charge in [-0.05, 0) is 50.4 Å². The van der Waals surface area contributed by atoms with Crippen LogP contribution < -0.4 is 14.8 Å². The summed E-state index contributed by atoms with van der Waals surface area (Å²) in [6.07, 6.45) is 3.07. The molecule has 1 fully saturated rings. The molecule has 0 aliphatic carbocycles. The quantitative estimate of drug-likeness (QED) is 0.714. The minimum atomic E-state index is -0.631. The Bertz CT molecular complexity index is 536. The van der Waals surface area contributed by atoms with Crippen molar-refractivity contribution in [3.63, 3.8) is 0 Å². The molecule has 1 heterocycles. The first-order valence-electron chi connectivity index (χ1n) is 8.71. The molecule has 2 rings (SSSR count).